The van der Waals surface area contributed by atoms with E-state index in [2.05, 4.69) is 16.0 Å². The molecule has 0 N–H and O–H groups in total. The second kappa shape index (κ2) is 6.86. The third kappa shape index (κ3) is 3.18. The van der Waals surface area contributed by atoms with Crippen LogP contribution in [0.2, 0.25) is 0 Å². The number of anilines is 1. The van der Waals surface area contributed by atoms with Gasteiger partial charge < -0.3 is 14.5 Å². The Labute approximate surface area is 142 Å². The van der Waals surface area contributed by atoms with Gasteiger partial charge in [-0.2, -0.15) is 0 Å². The Morgan fingerprint density at radius 2 is 2.12 bits per heavy atom. The van der Waals surface area contributed by atoms with Crippen LogP contribution in [0.5, 0.6) is 5.88 Å². The molecular formula is C18H22N4O2. The predicted octanol–water partition coefficient (Wildman–Crippen LogP) is 2.53. The number of pyridine rings is 2. The Morgan fingerprint density at radius 1 is 1.29 bits per heavy atom. The summed E-state index contributed by atoms with van der Waals surface area (Å²) in [5.74, 6) is 1.42. The minimum atomic E-state index is 0.0101. The number of aromatic nitrogens is 2. The molecule has 2 aromatic rings. The van der Waals surface area contributed by atoms with Crippen molar-refractivity contribution in [3.05, 3.63) is 47.8 Å². The lowest BCUT2D eigenvalue weighted by molar-refractivity contribution is 0.0735. The van der Waals surface area contributed by atoms with Crippen LogP contribution in [-0.2, 0) is 0 Å². The van der Waals surface area contributed by atoms with Gasteiger partial charge >= 0.3 is 0 Å². The number of methoxy groups -OCH3 is 1. The van der Waals surface area contributed by atoms with Gasteiger partial charge in [-0.05, 0) is 36.6 Å². The van der Waals surface area contributed by atoms with Gasteiger partial charge in [0.25, 0.3) is 5.91 Å². The molecule has 126 valence electrons. The number of nitrogens with zero attached hydrogens (tertiary/aromatic N) is 4. The maximum absolute atomic E-state index is 12.9. The van der Waals surface area contributed by atoms with Gasteiger partial charge in [0.05, 0.1) is 18.7 Å². The molecular weight excluding hydrogens is 304 g/mol. The number of carbonyl (C=O) groups is 1. The van der Waals surface area contributed by atoms with Crippen molar-refractivity contribution in [3.63, 3.8) is 0 Å². The zero-order valence-corrected chi connectivity index (χ0v) is 14.3. The number of hydrogen-bond acceptors (Lipinski definition) is 5. The van der Waals surface area contributed by atoms with E-state index in [-0.39, 0.29) is 11.9 Å². The van der Waals surface area contributed by atoms with Gasteiger partial charge in [-0.15, -0.1) is 0 Å². The zero-order valence-electron chi connectivity index (χ0n) is 14.3. The van der Waals surface area contributed by atoms with Crippen LogP contribution >= 0.6 is 0 Å². The molecule has 0 aliphatic carbocycles. The molecule has 1 saturated heterocycles. The molecule has 0 radical (unpaired) electrons. The minimum Gasteiger partial charge on any atom is -0.481 e. The van der Waals surface area contributed by atoms with E-state index in [1.54, 1.807) is 31.6 Å². The van der Waals surface area contributed by atoms with Crippen LogP contribution < -0.4 is 9.64 Å². The Balaban J connectivity index is 1.84. The first-order chi connectivity index (χ1) is 11.6. The molecule has 24 heavy (non-hydrogen) atoms. The number of likely N-dealkylation sites (tertiary alicyclic amines) is 1. The number of ether oxygens (including phenoxy) is 1. The number of carbonyl (C=O) groups excluding carboxylic acids is 1. The maximum atomic E-state index is 12.9. The highest BCUT2D eigenvalue weighted by Gasteiger charge is 2.31. The summed E-state index contributed by atoms with van der Waals surface area (Å²) in [6.07, 6.45) is 5.35. The topological polar surface area (TPSA) is 58.6 Å². The normalized spacial score (nSPS) is 17.0. The molecule has 2 aromatic heterocycles. The summed E-state index contributed by atoms with van der Waals surface area (Å²) < 4.78 is 5.05. The number of rotatable bonds is 4. The SMILES string of the molecule is COc1ccc(C(=O)N2CCCC2c2ccnc(N(C)C)c2)cn1. The monoisotopic (exact) mass is 326 g/mol. The van der Waals surface area contributed by atoms with Gasteiger partial charge in [0, 0.05) is 39.1 Å². The highest BCUT2D eigenvalue weighted by atomic mass is 16.5. The molecule has 1 aliphatic rings. The molecule has 3 rings (SSSR count). The summed E-state index contributed by atoms with van der Waals surface area (Å²) in [7, 11) is 5.49. The fourth-order valence-corrected chi connectivity index (χ4v) is 3.04. The lowest BCUT2D eigenvalue weighted by Gasteiger charge is -2.26. The summed E-state index contributed by atoms with van der Waals surface area (Å²) in [6.45, 7) is 0.759. The van der Waals surface area contributed by atoms with Crippen molar-refractivity contribution in [2.45, 2.75) is 18.9 Å². The van der Waals surface area contributed by atoms with E-state index in [1.807, 2.05) is 30.0 Å². The smallest absolute Gasteiger partial charge is 0.255 e. The molecule has 6 nitrogen and oxygen atoms in total. The Bertz CT molecular complexity index is 715. The molecule has 0 aromatic carbocycles. The van der Waals surface area contributed by atoms with Crippen molar-refractivity contribution in [1.29, 1.82) is 0 Å². The van der Waals surface area contributed by atoms with Crippen molar-refractivity contribution in [2.75, 3.05) is 32.6 Å². The second-order valence-corrected chi connectivity index (χ2v) is 6.09. The molecule has 0 spiro atoms. The van der Waals surface area contributed by atoms with Crippen LogP contribution in [0, 0.1) is 0 Å². The highest BCUT2D eigenvalue weighted by Crippen LogP contribution is 2.34. The lowest BCUT2D eigenvalue weighted by atomic mass is 10.1. The molecule has 3 heterocycles. The maximum Gasteiger partial charge on any atom is 0.255 e. The first kappa shape index (κ1) is 16.2. The highest BCUT2D eigenvalue weighted by molar-refractivity contribution is 5.94. The van der Waals surface area contributed by atoms with E-state index in [1.165, 1.54) is 0 Å². The largest absolute Gasteiger partial charge is 0.481 e. The fraction of sp³-hybridized carbons (Fsp3) is 0.389. The summed E-state index contributed by atoms with van der Waals surface area (Å²) in [6, 6.07) is 7.62. The van der Waals surface area contributed by atoms with Crippen molar-refractivity contribution >= 4 is 11.7 Å². The molecule has 1 atom stereocenters. The first-order valence-electron chi connectivity index (χ1n) is 8.04. The summed E-state index contributed by atoms with van der Waals surface area (Å²) in [5, 5.41) is 0. The number of amides is 1. The van der Waals surface area contributed by atoms with Gasteiger partial charge in [0.2, 0.25) is 5.88 Å². The van der Waals surface area contributed by atoms with Crippen LogP contribution in [0.25, 0.3) is 0 Å². The van der Waals surface area contributed by atoms with Crippen LogP contribution in [0.4, 0.5) is 5.82 Å². The average molecular weight is 326 g/mol. The summed E-state index contributed by atoms with van der Waals surface area (Å²) >= 11 is 0. The Morgan fingerprint density at radius 3 is 2.79 bits per heavy atom. The molecule has 1 amide bonds. The molecule has 1 fully saturated rings. The second-order valence-electron chi connectivity index (χ2n) is 6.09. The van der Waals surface area contributed by atoms with Crippen molar-refractivity contribution in [2.24, 2.45) is 0 Å². The molecule has 1 unspecified atom stereocenters. The van der Waals surface area contributed by atoms with Crippen molar-refractivity contribution in [3.8, 4) is 5.88 Å². The molecule has 0 bridgehead atoms. The van der Waals surface area contributed by atoms with Gasteiger partial charge in [-0.3, -0.25) is 4.79 Å². The molecule has 1 aliphatic heterocycles. The van der Waals surface area contributed by atoms with Crippen molar-refractivity contribution < 1.29 is 9.53 Å². The van der Waals surface area contributed by atoms with Crippen LogP contribution in [0.3, 0.4) is 0 Å². The third-order valence-electron chi connectivity index (χ3n) is 4.32. The van der Waals surface area contributed by atoms with E-state index in [0.29, 0.717) is 11.4 Å². The zero-order chi connectivity index (χ0) is 17.1. The predicted molar refractivity (Wildman–Crippen MR) is 92.4 cm³/mol. The minimum absolute atomic E-state index is 0.0101. The van der Waals surface area contributed by atoms with Crippen LogP contribution in [0.1, 0.15) is 34.8 Å². The molecule has 0 saturated carbocycles. The summed E-state index contributed by atoms with van der Waals surface area (Å²) in [5.41, 5.74) is 1.71. The van der Waals surface area contributed by atoms with Crippen LogP contribution in [-0.4, -0.2) is 48.5 Å². The fourth-order valence-electron chi connectivity index (χ4n) is 3.04. The quantitative estimate of drug-likeness (QED) is 0.864. The van der Waals surface area contributed by atoms with Crippen LogP contribution in [0.15, 0.2) is 36.7 Å². The third-order valence-corrected chi connectivity index (χ3v) is 4.32. The lowest BCUT2D eigenvalue weighted by Crippen LogP contribution is -2.30. The Hall–Kier alpha value is -2.63. The van der Waals surface area contributed by atoms with E-state index < -0.39 is 0 Å². The molecule has 6 heteroatoms. The van der Waals surface area contributed by atoms with E-state index >= 15 is 0 Å². The van der Waals surface area contributed by atoms with Gasteiger partial charge in [-0.1, -0.05) is 0 Å². The van der Waals surface area contributed by atoms with E-state index in [9.17, 15) is 4.79 Å². The van der Waals surface area contributed by atoms with Gasteiger partial charge in [0.15, 0.2) is 0 Å². The average Bonchev–Trinajstić information content (AvgIpc) is 3.11. The van der Waals surface area contributed by atoms with E-state index in [4.69, 9.17) is 4.74 Å². The Kier molecular flexibility index (Phi) is 4.64. The first-order valence-corrected chi connectivity index (χ1v) is 8.04. The summed E-state index contributed by atoms with van der Waals surface area (Å²) in [4.78, 5) is 25.3. The van der Waals surface area contributed by atoms with Gasteiger partial charge in [-0.25, -0.2) is 9.97 Å². The van der Waals surface area contributed by atoms with Gasteiger partial charge in [0.1, 0.15) is 5.82 Å². The standard InChI is InChI=1S/C18H22N4O2/c1-21(2)16-11-13(8-9-19-16)15-5-4-10-22(15)18(23)14-6-7-17(24-3)20-12-14/h6-9,11-12,15H,4-5,10H2,1-3H3. The van der Waals surface area contributed by atoms with Crippen molar-refractivity contribution in [1.82, 2.24) is 14.9 Å². The number of hydrogen-bond donors (Lipinski definition) is 0. The van der Waals surface area contributed by atoms with E-state index in [0.717, 1.165) is 30.8 Å².